The van der Waals surface area contributed by atoms with Crippen LogP contribution in [0.3, 0.4) is 0 Å². The van der Waals surface area contributed by atoms with Crippen molar-refractivity contribution >= 4 is 91.8 Å². The van der Waals surface area contributed by atoms with Crippen molar-refractivity contribution in [2.24, 2.45) is 16.5 Å². The third-order valence-corrected chi connectivity index (χ3v) is 10.9. The van der Waals surface area contributed by atoms with Crippen LogP contribution in [0.4, 0.5) is 11.6 Å². The van der Waals surface area contributed by atoms with Crippen molar-refractivity contribution in [3.63, 3.8) is 0 Å². The molecule has 0 bridgehead atoms. The van der Waals surface area contributed by atoms with Gasteiger partial charge in [-0.15, -0.1) is 0 Å². The summed E-state index contributed by atoms with van der Waals surface area (Å²) in [4.78, 5) is 118. The van der Waals surface area contributed by atoms with Crippen molar-refractivity contribution < 1.29 is 43.8 Å². The normalized spacial score (nSPS) is 12.7. The number of aromatic amines is 1. The number of aliphatic carboxylic acids is 2. The number of carbonyl (C=O) groups excluding carboxylic acids is 5. The van der Waals surface area contributed by atoms with Gasteiger partial charge in [-0.05, 0) is 50.5 Å². The molecule has 0 saturated carbocycles. The average molecular weight is 903 g/mol. The maximum Gasteiger partial charge on any atom is 0.327 e. The molecule has 3 aromatic rings. The maximum absolute atomic E-state index is 13.5. The number of guanidine groups is 1. The first-order chi connectivity index (χ1) is 29.4. The van der Waals surface area contributed by atoms with Crippen LogP contribution in [0.5, 0.6) is 0 Å². The van der Waals surface area contributed by atoms with Gasteiger partial charge in [0.25, 0.3) is 11.5 Å². The van der Waals surface area contributed by atoms with Crippen LogP contribution >= 0.6 is 21.6 Å². The Kier molecular flexibility index (Phi) is 20.2. The van der Waals surface area contributed by atoms with E-state index in [9.17, 15) is 48.6 Å². The predicted molar refractivity (Wildman–Crippen MR) is 231 cm³/mol. The molecule has 0 saturated heterocycles. The molecule has 5 amide bonds. The minimum Gasteiger partial charge on any atom is -0.481 e. The quantitative estimate of drug-likeness (QED) is 0.0187. The van der Waals surface area contributed by atoms with Gasteiger partial charge >= 0.3 is 11.9 Å². The molecule has 2 heterocycles. The smallest absolute Gasteiger partial charge is 0.327 e. The van der Waals surface area contributed by atoms with Gasteiger partial charge in [0.2, 0.25) is 29.6 Å². The summed E-state index contributed by atoms with van der Waals surface area (Å²) in [5.74, 6) is -6.13. The topological polar surface area (TPSA) is 394 Å². The molecule has 0 fully saturated rings. The highest BCUT2D eigenvalue weighted by Crippen LogP contribution is 2.23. The largest absolute Gasteiger partial charge is 0.481 e. The third kappa shape index (κ3) is 17.5. The van der Waals surface area contributed by atoms with Crippen LogP contribution in [-0.4, -0.2) is 127 Å². The van der Waals surface area contributed by atoms with Gasteiger partial charge in [-0.25, -0.2) is 14.8 Å². The van der Waals surface area contributed by atoms with E-state index in [1.165, 1.54) is 24.0 Å². The summed E-state index contributed by atoms with van der Waals surface area (Å²) in [7, 11) is 3.77. The molecule has 2 aromatic heterocycles. The van der Waals surface area contributed by atoms with Crippen LogP contribution in [0.15, 0.2) is 40.2 Å². The van der Waals surface area contributed by atoms with Crippen LogP contribution in [-0.2, 0) is 35.3 Å². The molecule has 26 heteroatoms. The lowest BCUT2D eigenvalue weighted by Crippen LogP contribution is -2.56. The number of nitrogens with zero attached hydrogens (tertiary/aromatic N) is 4. The number of nitrogens with two attached hydrogens (primary N) is 3. The fourth-order valence-electron chi connectivity index (χ4n) is 5.29. The average Bonchev–Trinajstić information content (AvgIpc) is 3.22. The van der Waals surface area contributed by atoms with E-state index in [1.54, 1.807) is 31.2 Å². The highest BCUT2D eigenvalue weighted by molar-refractivity contribution is 8.76. The number of carboxylic acid groups (broad SMARTS) is 2. The Balaban J connectivity index is 1.56. The number of anilines is 2. The van der Waals surface area contributed by atoms with Gasteiger partial charge < -0.3 is 59.3 Å². The molecule has 15 N–H and O–H groups in total. The monoisotopic (exact) mass is 902 g/mol. The molecule has 0 aliphatic rings. The van der Waals surface area contributed by atoms with Crippen LogP contribution in [0.25, 0.3) is 11.2 Å². The second-order valence-electron chi connectivity index (χ2n) is 13.5. The molecular weight excluding hydrogens is 853 g/mol. The molecule has 336 valence electrons. The first kappa shape index (κ1) is 49.7. The Morgan fingerprint density at radius 1 is 0.871 bits per heavy atom. The van der Waals surface area contributed by atoms with E-state index in [4.69, 9.17) is 17.2 Å². The minimum absolute atomic E-state index is 0.0307. The van der Waals surface area contributed by atoms with Gasteiger partial charge in [-0.1, -0.05) is 21.6 Å². The Labute approximate surface area is 362 Å². The van der Waals surface area contributed by atoms with Gasteiger partial charge in [0.05, 0.1) is 24.9 Å². The highest BCUT2D eigenvalue weighted by atomic mass is 33.1. The first-order valence-corrected chi connectivity index (χ1v) is 21.5. The SMILES string of the molecule is CNC(=O)CCSSC[C@H](NC(=O)[C@H](CC(=O)O)NC(=O)[C@H](CCCN=C(N)N)NC(=O)CC[C@@H](C)NC(=O)c1ccc(NCc2cnc3nc(N)[nH]c(=O)c3n2)cc1)C(=O)O. The van der Waals surface area contributed by atoms with Gasteiger partial charge in [0.15, 0.2) is 17.1 Å². The van der Waals surface area contributed by atoms with Gasteiger partial charge in [0, 0.05) is 55.2 Å². The summed E-state index contributed by atoms with van der Waals surface area (Å²) >= 11 is 0. The summed E-state index contributed by atoms with van der Waals surface area (Å²) in [6.07, 6.45) is 0.909. The zero-order chi connectivity index (χ0) is 45.8. The van der Waals surface area contributed by atoms with E-state index in [0.717, 1.165) is 10.8 Å². The number of carbonyl (C=O) groups is 7. The maximum atomic E-state index is 13.5. The van der Waals surface area contributed by atoms with Crippen molar-refractivity contribution in [1.82, 2.24) is 46.5 Å². The van der Waals surface area contributed by atoms with E-state index in [0.29, 0.717) is 22.7 Å². The fourth-order valence-corrected chi connectivity index (χ4v) is 7.44. The van der Waals surface area contributed by atoms with Crippen LogP contribution in [0.1, 0.15) is 61.5 Å². The van der Waals surface area contributed by atoms with E-state index in [2.05, 4.69) is 56.8 Å². The molecule has 1 aromatic carbocycles. The van der Waals surface area contributed by atoms with Gasteiger partial charge in [0.1, 0.15) is 18.1 Å². The number of hydrogen-bond acceptors (Lipinski definition) is 16. The Morgan fingerprint density at radius 2 is 1.56 bits per heavy atom. The number of nitrogens with one attached hydrogen (secondary N) is 7. The number of rotatable bonds is 26. The number of aromatic nitrogens is 4. The van der Waals surface area contributed by atoms with Crippen molar-refractivity contribution in [1.29, 1.82) is 0 Å². The van der Waals surface area contributed by atoms with Crippen molar-refractivity contribution in [2.75, 3.05) is 36.1 Å². The molecule has 0 aliphatic heterocycles. The first-order valence-electron chi connectivity index (χ1n) is 19.0. The zero-order valence-corrected chi connectivity index (χ0v) is 35.4. The predicted octanol–water partition coefficient (Wildman–Crippen LogP) is -1.61. The molecule has 62 heavy (non-hydrogen) atoms. The van der Waals surface area contributed by atoms with Crippen molar-refractivity contribution in [3.05, 3.63) is 52.1 Å². The second kappa shape index (κ2) is 25.2. The minimum atomic E-state index is -1.71. The Morgan fingerprint density at radius 3 is 2.23 bits per heavy atom. The lowest BCUT2D eigenvalue weighted by Gasteiger charge is -2.24. The Hall–Kier alpha value is -6.70. The molecule has 24 nitrogen and oxygen atoms in total. The summed E-state index contributed by atoms with van der Waals surface area (Å²) in [5.41, 5.74) is 17.4. The molecule has 0 aliphatic carbocycles. The van der Waals surface area contributed by atoms with E-state index >= 15 is 0 Å². The number of aliphatic imine (C=N–C) groups is 1. The number of hydrogen-bond donors (Lipinski definition) is 12. The lowest BCUT2D eigenvalue weighted by atomic mass is 10.1. The zero-order valence-electron chi connectivity index (χ0n) is 33.8. The van der Waals surface area contributed by atoms with Gasteiger partial charge in [-0.2, -0.15) is 4.98 Å². The summed E-state index contributed by atoms with van der Waals surface area (Å²) < 4.78 is 0. The number of nitrogen functional groups attached to an aromatic ring is 1. The molecule has 4 atom stereocenters. The third-order valence-electron chi connectivity index (χ3n) is 8.52. The summed E-state index contributed by atoms with van der Waals surface area (Å²) in [6.45, 7) is 1.97. The second-order valence-corrected chi connectivity index (χ2v) is 16.1. The van der Waals surface area contributed by atoms with Crippen LogP contribution < -0.4 is 54.7 Å². The van der Waals surface area contributed by atoms with E-state index in [-0.39, 0.29) is 79.9 Å². The molecule has 3 rings (SSSR count). The fraction of sp³-hybridized carbons (Fsp3) is 0.444. The number of fused-ring (bicyclic) bond motifs is 1. The van der Waals surface area contributed by atoms with Crippen LogP contribution in [0.2, 0.25) is 0 Å². The van der Waals surface area contributed by atoms with Crippen molar-refractivity contribution in [2.45, 2.75) is 76.2 Å². The lowest BCUT2D eigenvalue weighted by molar-refractivity contribution is -0.143. The molecule has 0 spiro atoms. The summed E-state index contributed by atoms with van der Waals surface area (Å²) in [6, 6.07) is 1.55. The van der Waals surface area contributed by atoms with E-state index in [1.807, 2.05) is 0 Å². The van der Waals surface area contributed by atoms with E-state index < -0.39 is 71.7 Å². The number of carboxylic acids is 2. The molecule has 0 unspecified atom stereocenters. The standard InChI is InChI=1S/C36H50N14O10S2/c1-18(44-30(55)19-6-8-20(9-7-19)42-15-21-16-43-29-28(45-21)33(58)50-36(39)49-29)5-10-26(52)46-22(4-3-12-41-35(37)38)31(56)47-23(14-27(53)54)32(57)48-24(34(59)60)17-62-61-13-11-25(51)40-2/h6-9,16,18,22-24,42H,3-5,10-15,17H2,1-2H3,(H,40,51)(H,44,55)(H,46,52)(H,47,56)(H,48,57)(H,53,54)(H,59,60)(H4,37,38,41)(H3,39,43,49,50,58)/t18-,22+,23+,24+/m1/s1. The van der Waals surface area contributed by atoms with Crippen LogP contribution in [0, 0.1) is 0 Å². The van der Waals surface area contributed by atoms with Gasteiger partial charge in [-0.3, -0.25) is 43.5 Å². The van der Waals surface area contributed by atoms with Crippen molar-refractivity contribution in [3.8, 4) is 0 Å². The summed E-state index contributed by atoms with van der Waals surface area (Å²) in [5, 5.41) is 34.7. The molecular formula is C36H50N14O10S2. The Bertz CT molecular complexity index is 2150. The highest BCUT2D eigenvalue weighted by Gasteiger charge is 2.31. The number of benzene rings is 1. The molecule has 0 radical (unpaired) electrons. The number of amides is 5. The number of H-pyrrole nitrogens is 1.